The van der Waals surface area contributed by atoms with E-state index >= 15 is 0 Å². The molecular formula is C30H37F4N7O4. The summed E-state index contributed by atoms with van der Waals surface area (Å²) >= 11 is 0. The van der Waals surface area contributed by atoms with Crippen LogP contribution in [-0.2, 0) is 4.79 Å². The highest BCUT2D eigenvalue weighted by molar-refractivity contribution is 5.94. The van der Waals surface area contributed by atoms with Crippen molar-refractivity contribution in [2.45, 2.75) is 108 Å². The molecule has 1 unspecified atom stereocenters. The van der Waals surface area contributed by atoms with E-state index in [0.29, 0.717) is 11.3 Å². The van der Waals surface area contributed by atoms with Gasteiger partial charge >= 0.3 is 0 Å². The normalized spacial score (nSPS) is 21.6. The van der Waals surface area contributed by atoms with Crippen molar-refractivity contribution < 1.29 is 36.5 Å². The Kier molecular flexibility index (Phi) is 8.00. The molecular weight excluding hydrogens is 598 g/mol. The van der Waals surface area contributed by atoms with Crippen LogP contribution in [0.5, 0.6) is 5.88 Å². The third-order valence-electron chi connectivity index (χ3n) is 8.69. The minimum absolute atomic E-state index is 0.0490. The third kappa shape index (κ3) is 7.38. The first-order valence-electron chi connectivity index (χ1n) is 15.4. The van der Waals surface area contributed by atoms with Crippen LogP contribution in [0.2, 0.25) is 0 Å². The Labute approximate surface area is 256 Å². The van der Waals surface area contributed by atoms with Gasteiger partial charge in [0, 0.05) is 32.1 Å². The van der Waals surface area contributed by atoms with Gasteiger partial charge in [0.25, 0.3) is 11.8 Å². The lowest BCUT2D eigenvalue weighted by Gasteiger charge is -2.34. The van der Waals surface area contributed by atoms with Crippen LogP contribution < -0.4 is 15.4 Å². The fourth-order valence-corrected chi connectivity index (χ4v) is 6.27. The smallest absolute Gasteiger partial charge is 0.289 e. The molecule has 244 valence electrons. The Balaban J connectivity index is 1.23. The lowest BCUT2D eigenvalue weighted by molar-refractivity contribution is -0.134. The highest BCUT2D eigenvalue weighted by Gasteiger charge is 2.46. The molecule has 11 nitrogen and oxygen atoms in total. The van der Waals surface area contributed by atoms with Crippen molar-refractivity contribution >= 4 is 17.5 Å². The number of rotatable bonds is 10. The van der Waals surface area contributed by atoms with E-state index in [2.05, 4.69) is 26.0 Å². The fraction of sp³-hybridized carbons (Fsp3) is 0.667. The summed E-state index contributed by atoms with van der Waals surface area (Å²) in [6.45, 7) is 5.34. The van der Waals surface area contributed by atoms with Crippen LogP contribution in [-0.4, -0.2) is 54.2 Å². The van der Waals surface area contributed by atoms with Gasteiger partial charge in [0.1, 0.15) is 5.60 Å². The van der Waals surface area contributed by atoms with E-state index in [4.69, 9.17) is 14.3 Å². The van der Waals surface area contributed by atoms with E-state index in [1.165, 1.54) is 4.52 Å². The second-order valence-corrected chi connectivity index (χ2v) is 13.8. The van der Waals surface area contributed by atoms with Gasteiger partial charge in [-0.3, -0.25) is 9.59 Å². The summed E-state index contributed by atoms with van der Waals surface area (Å²) in [5, 5.41) is 17.8. The topological polar surface area (TPSA) is 137 Å². The molecule has 0 spiro atoms. The predicted molar refractivity (Wildman–Crippen MR) is 151 cm³/mol. The molecule has 3 saturated carbocycles. The van der Waals surface area contributed by atoms with Crippen LogP contribution >= 0.6 is 0 Å². The van der Waals surface area contributed by atoms with Crippen LogP contribution in [0.3, 0.4) is 0 Å². The van der Waals surface area contributed by atoms with Gasteiger partial charge in [-0.05, 0) is 86.2 Å². The molecule has 3 aliphatic rings. The number of hydrogen-bond acceptors (Lipinski definition) is 8. The molecule has 3 heterocycles. The van der Waals surface area contributed by atoms with E-state index in [-0.39, 0.29) is 86.2 Å². The van der Waals surface area contributed by atoms with Gasteiger partial charge in [-0.1, -0.05) is 0 Å². The van der Waals surface area contributed by atoms with Gasteiger partial charge in [0.05, 0.1) is 30.2 Å². The number of fused-ring (bicyclic) bond motifs is 1. The molecule has 2 amide bonds. The number of hydrogen-bond donors (Lipinski definition) is 2. The molecule has 3 aromatic rings. The lowest BCUT2D eigenvalue weighted by atomic mass is 9.79. The number of aromatic nitrogens is 5. The number of alkyl halides is 4. The highest BCUT2D eigenvalue weighted by Crippen LogP contribution is 2.45. The number of imidazole rings is 1. The van der Waals surface area contributed by atoms with Crippen LogP contribution in [0.15, 0.2) is 23.1 Å². The van der Waals surface area contributed by atoms with Crippen molar-refractivity contribution in [3.63, 3.8) is 0 Å². The van der Waals surface area contributed by atoms with Gasteiger partial charge in [0.2, 0.25) is 23.4 Å². The molecule has 3 fully saturated rings. The summed E-state index contributed by atoms with van der Waals surface area (Å²) in [6, 6.07) is 0.701. The molecule has 0 aromatic carbocycles. The maximum absolute atomic E-state index is 14.1. The van der Waals surface area contributed by atoms with Crippen LogP contribution in [0.25, 0.3) is 5.65 Å². The first-order valence-corrected chi connectivity index (χ1v) is 15.4. The van der Waals surface area contributed by atoms with E-state index < -0.39 is 29.4 Å². The minimum atomic E-state index is -2.77. The van der Waals surface area contributed by atoms with Gasteiger partial charge in [0.15, 0.2) is 5.65 Å². The number of carbonyl (C=O) groups is 2. The molecule has 2 N–H and O–H groups in total. The molecule has 3 aromatic heterocycles. The molecule has 45 heavy (non-hydrogen) atoms. The van der Waals surface area contributed by atoms with Crippen LogP contribution in [0.1, 0.15) is 112 Å². The van der Waals surface area contributed by atoms with Crippen molar-refractivity contribution in [2.75, 3.05) is 0 Å². The summed E-state index contributed by atoms with van der Waals surface area (Å²) in [6.07, 6.45) is 4.30. The molecule has 0 aliphatic heterocycles. The quantitative estimate of drug-likeness (QED) is 0.275. The summed E-state index contributed by atoms with van der Waals surface area (Å²) in [7, 11) is 0. The Morgan fingerprint density at radius 3 is 2.36 bits per heavy atom. The number of amides is 2. The average Bonchev–Trinajstić information content (AvgIpc) is 3.52. The van der Waals surface area contributed by atoms with Crippen molar-refractivity contribution in [3.8, 4) is 5.88 Å². The predicted octanol–water partition coefficient (Wildman–Crippen LogP) is 5.59. The zero-order valence-corrected chi connectivity index (χ0v) is 25.4. The van der Waals surface area contributed by atoms with Crippen LogP contribution in [0, 0.1) is 17.8 Å². The Morgan fingerprint density at radius 2 is 1.71 bits per heavy atom. The summed E-state index contributed by atoms with van der Waals surface area (Å²) in [4.78, 5) is 30.9. The molecule has 0 saturated heterocycles. The number of ether oxygens (including phenoxy) is 1. The first kappa shape index (κ1) is 31.2. The first-order chi connectivity index (χ1) is 21.1. The second kappa shape index (κ2) is 11.5. The van der Waals surface area contributed by atoms with Crippen molar-refractivity contribution in [1.29, 1.82) is 0 Å². The average molecular weight is 636 g/mol. The van der Waals surface area contributed by atoms with Gasteiger partial charge in [-0.25, -0.2) is 31.7 Å². The lowest BCUT2D eigenvalue weighted by Crippen LogP contribution is -2.39. The maximum atomic E-state index is 14.1. The Bertz CT molecular complexity index is 1550. The molecule has 0 bridgehead atoms. The fourth-order valence-electron chi connectivity index (χ4n) is 6.27. The largest absolute Gasteiger partial charge is 0.468 e. The zero-order chi connectivity index (χ0) is 32.1. The molecule has 6 rings (SSSR count). The van der Waals surface area contributed by atoms with E-state index in [1.54, 1.807) is 39.2 Å². The molecule has 15 heteroatoms. The molecule has 0 radical (unpaired) electrons. The minimum Gasteiger partial charge on any atom is -0.468 e. The van der Waals surface area contributed by atoms with E-state index in [9.17, 15) is 27.2 Å². The second-order valence-electron chi connectivity index (χ2n) is 13.8. The van der Waals surface area contributed by atoms with Gasteiger partial charge in [-0.15, -0.1) is 0 Å². The standard InChI is InChI=1S/C30H37F4N7O4/c1-28(2,3)44-27-25(39-45-40-27)26(43)38-24(18-6-8-29(31,32)9-7-18)20-15-41-21(36-20)11-19(14-35-41)23(17-4-5-17)37-22(42)10-16-12-30(33,34)13-16/h11,14-18,23-24H,4-10,12-13H2,1-3H3,(H,37,42)(H,38,43)/t23-,24?/m1/s1. The zero-order valence-electron chi connectivity index (χ0n) is 25.4. The number of nitrogens with one attached hydrogen (secondary N) is 2. The summed E-state index contributed by atoms with van der Waals surface area (Å²) < 4.78 is 66.7. The Hall–Kier alpha value is -3.78. The van der Waals surface area contributed by atoms with E-state index in [1.807, 2.05) is 0 Å². The summed E-state index contributed by atoms with van der Waals surface area (Å²) in [5.74, 6) is -6.94. The monoisotopic (exact) mass is 635 g/mol. The number of carbonyl (C=O) groups excluding carboxylic acids is 2. The molecule has 2 atom stereocenters. The van der Waals surface area contributed by atoms with E-state index in [0.717, 1.165) is 18.4 Å². The van der Waals surface area contributed by atoms with Crippen molar-refractivity contribution in [2.24, 2.45) is 17.8 Å². The van der Waals surface area contributed by atoms with Gasteiger partial charge in [-0.2, -0.15) is 5.10 Å². The maximum Gasteiger partial charge on any atom is 0.289 e. The number of nitrogens with zero attached hydrogens (tertiary/aromatic N) is 5. The summed E-state index contributed by atoms with van der Waals surface area (Å²) in [5.41, 5.74) is 0.743. The SMILES string of the molecule is CC(C)(C)Oc1nonc1C(=O)NC(c1cn2ncc([C@H](NC(=O)CC3CC(F)(F)C3)C3CC3)cc2n1)C1CCC(F)(F)CC1. The van der Waals surface area contributed by atoms with Crippen LogP contribution in [0.4, 0.5) is 17.6 Å². The van der Waals surface area contributed by atoms with Crippen molar-refractivity contribution in [1.82, 2.24) is 35.5 Å². The van der Waals surface area contributed by atoms with Crippen molar-refractivity contribution in [3.05, 3.63) is 35.4 Å². The third-order valence-corrected chi connectivity index (χ3v) is 8.69. The Morgan fingerprint density at radius 1 is 1.02 bits per heavy atom. The molecule has 3 aliphatic carbocycles. The number of halogens is 4. The van der Waals surface area contributed by atoms with Gasteiger partial charge < -0.3 is 15.4 Å². The highest BCUT2D eigenvalue weighted by atomic mass is 19.3.